The number of fused-ring (bicyclic) bond motifs is 1. The van der Waals surface area contributed by atoms with E-state index in [-0.39, 0.29) is 24.4 Å². The lowest BCUT2D eigenvalue weighted by molar-refractivity contribution is 0.0950. The second-order valence-electron chi connectivity index (χ2n) is 4.88. The van der Waals surface area contributed by atoms with Gasteiger partial charge >= 0.3 is 0 Å². The molecule has 118 valence electrons. The summed E-state index contributed by atoms with van der Waals surface area (Å²) in [6.45, 7) is 6.84. The maximum atomic E-state index is 12.1. The van der Waals surface area contributed by atoms with Gasteiger partial charge in [0.05, 0.1) is 13.2 Å². The Morgan fingerprint density at radius 2 is 2.00 bits per heavy atom. The molecule has 0 fully saturated rings. The summed E-state index contributed by atoms with van der Waals surface area (Å²) in [5.41, 5.74) is 0.595. The molecule has 1 aromatic rings. The minimum Gasteiger partial charge on any atom is -0.490 e. The van der Waals surface area contributed by atoms with E-state index in [0.717, 1.165) is 13.0 Å². The van der Waals surface area contributed by atoms with E-state index in [4.69, 9.17) is 9.47 Å². The molecule has 1 atom stereocenters. The lowest BCUT2D eigenvalue weighted by atomic mass is 10.2. The fraction of sp³-hybridized carbons (Fsp3) is 0.533. The van der Waals surface area contributed by atoms with Crippen molar-refractivity contribution in [2.24, 2.45) is 0 Å². The van der Waals surface area contributed by atoms with Gasteiger partial charge in [-0.2, -0.15) is 0 Å². The van der Waals surface area contributed by atoms with E-state index in [1.165, 1.54) is 0 Å². The van der Waals surface area contributed by atoms with E-state index in [2.05, 4.69) is 10.6 Å². The number of hydrogen-bond donors (Lipinski definition) is 2. The van der Waals surface area contributed by atoms with E-state index >= 15 is 0 Å². The van der Waals surface area contributed by atoms with Gasteiger partial charge in [-0.1, -0.05) is 6.92 Å². The van der Waals surface area contributed by atoms with Gasteiger partial charge in [0.25, 0.3) is 5.91 Å². The van der Waals surface area contributed by atoms with Crippen molar-refractivity contribution in [3.8, 4) is 11.5 Å². The molecule has 0 unspecified atom stereocenters. The van der Waals surface area contributed by atoms with Gasteiger partial charge in [-0.05, 0) is 31.7 Å². The molecule has 0 bridgehead atoms. The molecule has 5 nitrogen and oxygen atoms in total. The number of benzene rings is 1. The Hall–Kier alpha value is -1.46. The maximum absolute atomic E-state index is 12.1. The minimum absolute atomic E-state index is 0. The lowest BCUT2D eigenvalue weighted by Crippen LogP contribution is -2.38. The molecule has 0 saturated heterocycles. The largest absolute Gasteiger partial charge is 0.490 e. The molecule has 21 heavy (non-hydrogen) atoms. The number of carbonyl (C=O) groups is 1. The summed E-state index contributed by atoms with van der Waals surface area (Å²) in [5, 5.41) is 6.16. The monoisotopic (exact) mass is 314 g/mol. The van der Waals surface area contributed by atoms with Crippen LogP contribution in [-0.2, 0) is 0 Å². The summed E-state index contributed by atoms with van der Waals surface area (Å²) in [7, 11) is 0. The number of rotatable bonds is 5. The van der Waals surface area contributed by atoms with Crippen molar-refractivity contribution >= 4 is 18.3 Å². The van der Waals surface area contributed by atoms with Crippen LogP contribution in [-0.4, -0.2) is 38.3 Å². The highest BCUT2D eigenvalue weighted by molar-refractivity contribution is 5.94. The van der Waals surface area contributed by atoms with Gasteiger partial charge in [0, 0.05) is 24.6 Å². The number of amides is 1. The number of halogens is 1. The third-order valence-corrected chi connectivity index (χ3v) is 3.13. The Kier molecular flexibility index (Phi) is 7.32. The molecule has 1 aliphatic rings. The first kappa shape index (κ1) is 17.6. The van der Waals surface area contributed by atoms with Crippen molar-refractivity contribution in [3.05, 3.63) is 23.8 Å². The Bertz CT molecular complexity index is 468. The van der Waals surface area contributed by atoms with Gasteiger partial charge in [-0.25, -0.2) is 0 Å². The third kappa shape index (κ3) is 5.10. The molecule has 0 spiro atoms. The Balaban J connectivity index is 0.00000220. The van der Waals surface area contributed by atoms with Crippen molar-refractivity contribution in [2.75, 3.05) is 26.3 Å². The second kappa shape index (κ2) is 8.74. The van der Waals surface area contributed by atoms with Crippen molar-refractivity contribution in [2.45, 2.75) is 26.3 Å². The fourth-order valence-corrected chi connectivity index (χ4v) is 2.07. The van der Waals surface area contributed by atoms with Crippen LogP contribution in [0.5, 0.6) is 11.5 Å². The van der Waals surface area contributed by atoms with Crippen molar-refractivity contribution in [1.82, 2.24) is 10.6 Å². The summed E-state index contributed by atoms with van der Waals surface area (Å²) in [5.74, 6) is 1.26. The standard InChI is InChI=1S/C15H22N2O3.ClH/c1-3-16-11(2)10-17-15(18)12-5-6-13-14(9-12)20-8-4-7-19-13;/h5-6,9,11,16H,3-4,7-8,10H2,1-2H3,(H,17,18);1H/t11-;/m1./s1. The van der Waals surface area contributed by atoms with Crippen LogP contribution >= 0.6 is 12.4 Å². The first-order valence-electron chi connectivity index (χ1n) is 7.12. The Labute approximate surface area is 131 Å². The average molecular weight is 315 g/mol. The molecule has 1 aromatic carbocycles. The number of ether oxygens (including phenoxy) is 2. The van der Waals surface area contributed by atoms with E-state index < -0.39 is 0 Å². The molecule has 0 radical (unpaired) electrons. The molecule has 0 aliphatic carbocycles. The zero-order chi connectivity index (χ0) is 14.4. The third-order valence-electron chi connectivity index (χ3n) is 3.13. The van der Waals surface area contributed by atoms with Crippen LogP contribution < -0.4 is 20.1 Å². The Morgan fingerprint density at radius 1 is 1.29 bits per heavy atom. The van der Waals surface area contributed by atoms with Crippen LogP contribution in [0, 0.1) is 0 Å². The van der Waals surface area contributed by atoms with Crippen LogP contribution in [0.3, 0.4) is 0 Å². The van der Waals surface area contributed by atoms with Crippen molar-refractivity contribution in [3.63, 3.8) is 0 Å². The molecule has 1 heterocycles. The number of likely N-dealkylation sites (N-methyl/N-ethyl adjacent to an activating group) is 1. The van der Waals surface area contributed by atoms with Gasteiger partial charge in [0.15, 0.2) is 11.5 Å². The summed E-state index contributed by atoms with van der Waals surface area (Å²) in [6.07, 6.45) is 0.858. The molecule has 1 amide bonds. The van der Waals surface area contributed by atoms with Crippen LogP contribution in [0.15, 0.2) is 18.2 Å². The molecular weight excluding hydrogens is 292 g/mol. The number of carbonyl (C=O) groups excluding carboxylic acids is 1. The molecule has 6 heteroatoms. The molecule has 1 aliphatic heterocycles. The summed E-state index contributed by atoms with van der Waals surface area (Å²) < 4.78 is 11.1. The Morgan fingerprint density at radius 3 is 2.71 bits per heavy atom. The smallest absolute Gasteiger partial charge is 0.251 e. The SMILES string of the molecule is CCN[C@H](C)CNC(=O)c1ccc2c(c1)OCCCO2.Cl. The van der Waals surface area contributed by atoms with Crippen LogP contribution in [0.2, 0.25) is 0 Å². The van der Waals surface area contributed by atoms with Crippen molar-refractivity contribution < 1.29 is 14.3 Å². The summed E-state index contributed by atoms with van der Waals surface area (Å²) >= 11 is 0. The highest BCUT2D eigenvalue weighted by atomic mass is 35.5. The topological polar surface area (TPSA) is 59.6 Å². The van der Waals surface area contributed by atoms with E-state index in [0.29, 0.717) is 36.8 Å². The maximum Gasteiger partial charge on any atom is 0.251 e. The molecule has 2 N–H and O–H groups in total. The second-order valence-corrected chi connectivity index (χ2v) is 4.88. The quantitative estimate of drug-likeness (QED) is 0.872. The zero-order valence-corrected chi connectivity index (χ0v) is 13.3. The van der Waals surface area contributed by atoms with Gasteiger partial charge in [-0.3, -0.25) is 4.79 Å². The minimum atomic E-state index is -0.0922. The number of nitrogens with one attached hydrogen (secondary N) is 2. The van der Waals surface area contributed by atoms with Crippen molar-refractivity contribution in [1.29, 1.82) is 0 Å². The molecule has 0 saturated carbocycles. The lowest BCUT2D eigenvalue weighted by Gasteiger charge is -2.14. The highest BCUT2D eigenvalue weighted by Crippen LogP contribution is 2.30. The van der Waals surface area contributed by atoms with Gasteiger partial charge in [-0.15, -0.1) is 12.4 Å². The van der Waals surface area contributed by atoms with Crippen LogP contribution in [0.25, 0.3) is 0 Å². The predicted octanol–water partition coefficient (Wildman–Crippen LogP) is 2.00. The molecule has 0 aromatic heterocycles. The van der Waals surface area contributed by atoms with E-state index in [1.54, 1.807) is 18.2 Å². The van der Waals surface area contributed by atoms with Crippen LogP contribution in [0.4, 0.5) is 0 Å². The zero-order valence-electron chi connectivity index (χ0n) is 12.5. The summed E-state index contributed by atoms with van der Waals surface area (Å²) in [6, 6.07) is 5.56. The molecular formula is C15H23ClN2O3. The van der Waals surface area contributed by atoms with E-state index in [1.807, 2.05) is 13.8 Å². The highest BCUT2D eigenvalue weighted by Gasteiger charge is 2.14. The molecule has 2 rings (SSSR count). The average Bonchev–Trinajstić information content (AvgIpc) is 2.69. The normalized spacial score (nSPS) is 14.6. The van der Waals surface area contributed by atoms with Gasteiger partial charge in [0.1, 0.15) is 0 Å². The predicted molar refractivity (Wildman–Crippen MR) is 84.8 cm³/mol. The first-order chi connectivity index (χ1) is 9.70. The summed E-state index contributed by atoms with van der Waals surface area (Å²) in [4.78, 5) is 12.1. The fourth-order valence-electron chi connectivity index (χ4n) is 2.07. The first-order valence-corrected chi connectivity index (χ1v) is 7.12. The van der Waals surface area contributed by atoms with E-state index in [9.17, 15) is 4.79 Å². The van der Waals surface area contributed by atoms with Crippen LogP contribution in [0.1, 0.15) is 30.6 Å². The van der Waals surface area contributed by atoms with Gasteiger partial charge in [0.2, 0.25) is 0 Å². The number of hydrogen-bond acceptors (Lipinski definition) is 4. The van der Waals surface area contributed by atoms with Gasteiger partial charge < -0.3 is 20.1 Å².